The number of nitrogens with zero attached hydrogens (tertiary/aromatic N) is 6. The molecule has 12 heteroatoms. The van der Waals surface area contributed by atoms with Crippen molar-refractivity contribution in [2.75, 3.05) is 61.8 Å². The van der Waals surface area contributed by atoms with Crippen LogP contribution in [0, 0.1) is 0 Å². The molecule has 2 saturated heterocycles. The number of aliphatic hydroxyl groups excluding tert-OH is 2. The maximum atomic E-state index is 10.6. The van der Waals surface area contributed by atoms with E-state index in [0.717, 1.165) is 48.3 Å². The van der Waals surface area contributed by atoms with Crippen molar-refractivity contribution in [1.29, 1.82) is 0 Å². The second-order valence-electron chi connectivity index (χ2n) is 12.4. The summed E-state index contributed by atoms with van der Waals surface area (Å²) in [7, 11) is 2.21. The van der Waals surface area contributed by atoms with Crippen molar-refractivity contribution in [2.45, 2.75) is 50.1 Å². The molecule has 0 radical (unpaired) electrons. The fraction of sp³-hybridized carbons (Fsp3) is 0.469. The molecule has 7 rings (SSSR count). The molecule has 0 spiro atoms. The number of aromatic amines is 1. The standard InChI is InChI=1S/C32H42N10O2/c1-40-12-14-42(15-13-40)23-7-10-41(11-8-23)22-4-2-20(3-5-22)36-32-29(30(33)44)38-28(31(39-32)37-21-16-24(43)17-21)26-18-34-19-27-25(26)6-9-35-27/h2-6,9,18-19,21,23-24,30,35,43-44H,7-8,10-17,33H2,1H3,(H2,36,37,39). The van der Waals surface area contributed by atoms with E-state index in [9.17, 15) is 10.2 Å². The number of benzene rings is 1. The molecule has 5 heterocycles. The first-order valence-electron chi connectivity index (χ1n) is 15.7. The molecule has 3 aromatic heterocycles. The summed E-state index contributed by atoms with van der Waals surface area (Å²) in [4.78, 5) is 24.9. The molecule has 4 aromatic rings. The molecule has 12 nitrogen and oxygen atoms in total. The van der Waals surface area contributed by atoms with E-state index in [1.165, 1.54) is 31.6 Å². The third kappa shape index (κ3) is 5.95. The largest absolute Gasteiger partial charge is 0.393 e. The van der Waals surface area contributed by atoms with E-state index in [2.05, 4.69) is 54.5 Å². The molecule has 1 aromatic carbocycles. The van der Waals surface area contributed by atoms with Crippen molar-refractivity contribution in [3.8, 4) is 11.3 Å². The lowest BCUT2D eigenvalue weighted by molar-refractivity contribution is 0.0835. The number of nitrogens with one attached hydrogen (secondary N) is 3. The molecule has 1 unspecified atom stereocenters. The minimum absolute atomic E-state index is 0.0672. The third-order valence-corrected chi connectivity index (χ3v) is 9.40. The van der Waals surface area contributed by atoms with E-state index in [-0.39, 0.29) is 17.8 Å². The average Bonchev–Trinajstić information content (AvgIpc) is 3.51. The number of aliphatic hydroxyl groups is 2. The minimum atomic E-state index is -1.34. The van der Waals surface area contributed by atoms with E-state index in [1.807, 2.05) is 24.4 Å². The third-order valence-electron chi connectivity index (χ3n) is 9.40. The van der Waals surface area contributed by atoms with Crippen LogP contribution in [-0.4, -0.2) is 104 Å². The highest BCUT2D eigenvalue weighted by Gasteiger charge is 2.30. The molecular formula is C32H42N10O2. The second-order valence-corrected chi connectivity index (χ2v) is 12.4. The van der Waals surface area contributed by atoms with Gasteiger partial charge in [-0.2, -0.15) is 0 Å². The Morgan fingerprint density at radius 1 is 0.955 bits per heavy atom. The Hall–Kier alpha value is -3.81. The van der Waals surface area contributed by atoms with Gasteiger partial charge in [0.1, 0.15) is 17.6 Å². The zero-order valence-corrected chi connectivity index (χ0v) is 25.2. The van der Waals surface area contributed by atoms with Gasteiger partial charge in [-0.05, 0) is 63.1 Å². The van der Waals surface area contributed by atoms with Crippen molar-refractivity contribution in [1.82, 2.24) is 29.7 Å². The van der Waals surface area contributed by atoms with Crippen LogP contribution in [0.5, 0.6) is 0 Å². The summed E-state index contributed by atoms with van der Waals surface area (Å²) in [6, 6.07) is 11.0. The maximum absolute atomic E-state index is 10.6. The van der Waals surface area contributed by atoms with Crippen LogP contribution in [0.25, 0.3) is 22.2 Å². The number of hydrogen-bond acceptors (Lipinski definition) is 11. The van der Waals surface area contributed by atoms with Crippen LogP contribution >= 0.6 is 0 Å². The Balaban J connectivity index is 1.11. The van der Waals surface area contributed by atoms with Crippen LogP contribution in [-0.2, 0) is 0 Å². The molecule has 1 aliphatic carbocycles. The van der Waals surface area contributed by atoms with Gasteiger partial charge in [0, 0.05) is 86.1 Å². The molecule has 44 heavy (non-hydrogen) atoms. The Labute approximate surface area is 257 Å². The van der Waals surface area contributed by atoms with Crippen LogP contribution in [0.2, 0.25) is 0 Å². The summed E-state index contributed by atoms with van der Waals surface area (Å²) in [5.74, 6) is 0.921. The van der Waals surface area contributed by atoms with E-state index in [1.54, 1.807) is 12.4 Å². The second kappa shape index (κ2) is 12.3. The van der Waals surface area contributed by atoms with Crippen molar-refractivity contribution < 1.29 is 10.2 Å². The first-order chi connectivity index (χ1) is 21.4. The van der Waals surface area contributed by atoms with Gasteiger partial charge in [0.15, 0.2) is 11.6 Å². The number of hydrogen-bond donors (Lipinski definition) is 6. The summed E-state index contributed by atoms with van der Waals surface area (Å²) in [6.45, 7) is 6.76. The summed E-state index contributed by atoms with van der Waals surface area (Å²) in [5.41, 5.74) is 10.5. The van der Waals surface area contributed by atoms with Crippen LogP contribution < -0.4 is 21.3 Å². The Kier molecular flexibility index (Phi) is 8.08. The van der Waals surface area contributed by atoms with Crippen LogP contribution in [0.15, 0.2) is 48.9 Å². The van der Waals surface area contributed by atoms with E-state index in [4.69, 9.17) is 15.7 Å². The van der Waals surface area contributed by atoms with Gasteiger partial charge in [0.25, 0.3) is 0 Å². The summed E-state index contributed by atoms with van der Waals surface area (Å²) in [6.07, 6.45) is 7.32. The number of piperidine rings is 1. The maximum Gasteiger partial charge on any atom is 0.158 e. The molecule has 7 N–H and O–H groups in total. The number of likely N-dealkylation sites (N-methyl/N-ethyl adjacent to an activating group) is 1. The van der Waals surface area contributed by atoms with Crippen molar-refractivity contribution in [3.63, 3.8) is 0 Å². The lowest BCUT2D eigenvalue weighted by Crippen LogP contribution is -2.52. The number of fused-ring (bicyclic) bond motifs is 1. The molecular weight excluding hydrogens is 556 g/mol. The molecule has 3 fully saturated rings. The molecule has 0 amide bonds. The first kappa shape index (κ1) is 28.9. The number of rotatable bonds is 8. The highest BCUT2D eigenvalue weighted by Crippen LogP contribution is 2.36. The molecule has 232 valence electrons. The summed E-state index contributed by atoms with van der Waals surface area (Å²) < 4.78 is 0. The topological polar surface area (TPSA) is 155 Å². The van der Waals surface area contributed by atoms with Crippen LogP contribution in [0.3, 0.4) is 0 Å². The van der Waals surface area contributed by atoms with Gasteiger partial charge in [-0.3, -0.25) is 9.88 Å². The van der Waals surface area contributed by atoms with E-state index < -0.39 is 6.23 Å². The number of H-pyrrole nitrogens is 1. The lowest BCUT2D eigenvalue weighted by Gasteiger charge is -2.42. The zero-order chi connectivity index (χ0) is 30.2. The van der Waals surface area contributed by atoms with Crippen LogP contribution in [0.4, 0.5) is 23.0 Å². The number of aromatic nitrogens is 4. The quantitative estimate of drug-likeness (QED) is 0.166. The molecule has 0 bridgehead atoms. The van der Waals surface area contributed by atoms with E-state index in [0.29, 0.717) is 36.2 Å². The van der Waals surface area contributed by atoms with Gasteiger partial charge in [-0.25, -0.2) is 9.97 Å². The van der Waals surface area contributed by atoms with E-state index >= 15 is 0 Å². The predicted octanol–water partition coefficient (Wildman–Crippen LogP) is 2.86. The summed E-state index contributed by atoms with van der Waals surface area (Å²) in [5, 5.41) is 28.2. The fourth-order valence-corrected chi connectivity index (χ4v) is 6.67. The smallest absolute Gasteiger partial charge is 0.158 e. The zero-order valence-electron chi connectivity index (χ0n) is 25.2. The minimum Gasteiger partial charge on any atom is -0.393 e. The predicted molar refractivity (Wildman–Crippen MR) is 173 cm³/mol. The van der Waals surface area contributed by atoms with Crippen molar-refractivity contribution >= 4 is 33.9 Å². The number of pyridine rings is 1. The SMILES string of the molecule is CN1CCN(C2CCN(c3ccc(Nc4nc(NC5CC(O)C5)c(-c5cncc6[nH]ccc56)nc4C(N)O)cc3)CC2)CC1. The van der Waals surface area contributed by atoms with Crippen LogP contribution in [0.1, 0.15) is 37.6 Å². The number of nitrogens with two attached hydrogens (primary N) is 1. The van der Waals surface area contributed by atoms with Crippen molar-refractivity contribution in [3.05, 3.63) is 54.6 Å². The van der Waals surface area contributed by atoms with Crippen molar-refractivity contribution in [2.24, 2.45) is 5.73 Å². The van der Waals surface area contributed by atoms with Gasteiger partial charge in [0.2, 0.25) is 0 Å². The first-order valence-corrected chi connectivity index (χ1v) is 15.7. The number of piperazine rings is 1. The highest BCUT2D eigenvalue weighted by molar-refractivity contribution is 5.96. The highest BCUT2D eigenvalue weighted by atomic mass is 16.3. The Morgan fingerprint density at radius 2 is 1.70 bits per heavy atom. The van der Waals surface area contributed by atoms with Gasteiger partial charge in [0.05, 0.1) is 17.8 Å². The van der Waals surface area contributed by atoms with Gasteiger partial charge >= 0.3 is 0 Å². The number of anilines is 4. The molecule has 2 aliphatic heterocycles. The molecule has 1 saturated carbocycles. The van der Waals surface area contributed by atoms with Gasteiger partial charge in [-0.15, -0.1) is 0 Å². The Morgan fingerprint density at radius 3 is 2.41 bits per heavy atom. The Bertz CT molecular complexity index is 1570. The molecule has 1 atom stereocenters. The monoisotopic (exact) mass is 598 g/mol. The lowest BCUT2D eigenvalue weighted by atomic mass is 9.89. The molecule has 3 aliphatic rings. The summed E-state index contributed by atoms with van der Waals surface area (Å²) >= 11 is 0. The van der Waals surface area contributed by atoms with Gasteiger partial charge in [-0.1, -0.05) is 0 Å². The fourth-order valence-electron chi connectivity index (χ4n) is 6.67. The average molecular weight is 599 g/mol. The van der Waals surface area contributed by atoms with Gasteiger partial charge < -0.3 is 41.4 Å². The normalized spacial score (nSPS) is 22.6.